The van der Waals surface area contributed by atoms with Crippen LogP contribution in [0.1, 0.15) is 50.1 Å². The number of aryl methyl sites for hydroxylation is 2. The Morgan fingerprint density at radius 1 is 1.38 bits per heavy atom. The molecule has 6 nitrogen and oxygen atoms in total. The minimum atomic E-state index is -0.869. The topological polar surface area (TPSA) is 86.3 Å². The summed E-state index contributed by atoms with van der Waals surface area (Å²) in [5.74, 6) is -0.835. The number of aromatic amines is 1. The van der Waals surface area contributed by atoms with Gasteiger partial charge in [-0.1, -0.05) is 11.6 Å². The maximum absolute atomic E-state index is 12.7. The Morgan fingerprint density at radius 3 is 2.62 bits per heavy atom. The van der Waals surface area contributed by atoms with Gasteiger partial charge in [-0.25, -0.2) is 0 Å². The predicted molar refractivity (Wildman–Crippen MR) is 91.7 cm³/mol. The van der Waals surface area contributed by atoms with Crippen LogP contribution in [0.15, 0.2) is 11.6 Å². The molecule has 6 heteroatoms. The van der Waals surface area contributed by atoms with Gasteiger partial charge in [0.25, 0.3) is 0 Å². The Labute approximate surface area is 142 Å². The smallest absolute Gasteiger partial charge is 0.311 e. The third-order valence-electron chi connectivity index (χ3n) is 4.89. The van der Waals surface area contributed by atoms with Crippen molar-refractivity contribution in [3.63, 3.8) is 0 Å². The average molecular weight is 333 g/mol. The number of carboxylic acids is 1. The molecule has 0 saturated carbocycles. The van der Waals surface area contributed by atoms with Gasteiger partial charge in [0.1, 0.15) is 0 Å². The minimum Gasteiger partial charge on any atom is -0.481 e. The maximum atomic E-state index is 12.7. The minimum absolute atomic E-state index is 0.0230. The molecule has 0 aliphatic carbocycles. The molecule has 1 aromatic heterocycles. The molecular formula is C18H27N3O3. The molecule has 1 aromatic rings. The van der Waals surface area contributed by atoms with E-state index in [0.717, 1.165) is 28.9 Å². The number of nitrogens with one attached hydrogen (secondary N) is 1. The first kappa shape index (κ1) is 18.2. The zero-order valence-electron chi connectivity index (χ0n) is 15.0. The third kappa shape index (κ3) is 3.86. The maximum Gasteiger partial charge on any atom is 0.311 e. The van der Waals surface area contributed by atoms with Crippen molar-refractivity contribution in [1.82, 2.24) is 15.1 Å². The zero-order chi connectivity index (χ0) is 17.9. The number of hydrogen-bond acceptors (Lipinski definition) is 3. The Bertz CT molecular complexity index is 639. The highest BCUT2D eigenvalue weighted by atomic mass is 16.4. The molecule has 0 aromatic carbocycles. The number of allylic oxidation sites excluding steroid dienone is 2. The van der Waals surface area contributed by atoms with Gasteiger partial charge in [0.15, 0.2) is 0 Å². The van der Waals surface area contributed by atoms with Crippen molar-refractivity contribution in [2.24, 2.45) is 5.41 Å². The molecular weight excluding hydrogens is 306 g/mol. The number of amides is 1. The van der Waals surface area contributed by atoms with Crippen LogP contribution in [-0.2, 0) is 16.0 Å². The molecule has 2 rings (SSSR count). The van der Waals surface area contributed by atoms with E-state index in [2.05, 4.69) is 10.2 Å². The van der Waals surface area contributed by atoms with Gasteiger partial charge in [0.05, 0.1) is 17.5 Å². The van der Waals surface area contributed by atoms with Crippen LogP contribution in [0.3, 0.4) is 0 Å². The molecule has 2 heterocycles. The highest BCUT2D eigenvalue weighted by Gasteiger charge is 2.42. The number of piperidine rings is 1. The van der Waals surface area contributed by atoms with Crippen LogP contribution in [0.2, 0.25) is 0 Å². The fourth-order valence-corrected chi connectivity index (χ4v) is 3.27. The third-order valence-corrected chi connectivity index (χ3v) is 4.89. The lowest BCUT2D eigenvalue weighted by Crippen LogP contribution is -2.50. The number of aliphatic carboxylic acids is 1. The molecule has 1 aliphatic heterocycles. The normalized spacial score (nSPS) is 20.8. The van der Waals surface area contributed by atoms with Gasteiger partial charge >= 0.3 is 5.97 Å². The summed E-state index contributed by atoms with van der Waals surface area (Å²) in [6.07, 6.45) is 4.04. The molecule has 1 atom stereocenters. The van der Waals surface area contributed by atoms with Gasteiger partial charge in [-0.2, -0.15) is 5.10 Å². The van der Waals surface area contributed by atoms with Crippen LogP contribution >= 0.6 is 0 Å². The summed E-state index contributed by atoms with van der Waals surface area (Å²) >= 11 is 0. The summed E-state index contributed by atoms with van der Waals surface area (Å²) in [5.41, 5.74) is 2.87. The van der Waals surface area contributed by atoms with Gasteiger partial charge < -0.3 is 10.0 Å². The van der Waals surface area contributed by atoms with Crippen molar-refractivity contribution in [3.05, 3.63) is 28.6 Å². The first-order valence-corrected chi connectivity index (χ1v) is 8.40. The summed E-state index contributed by atoms with van der Waals surface area (Å²) in [7, 11) is 0. The molecule has 1 aliphatic rings. The highest BCUT2D eigenvalue weighted by molar-refractivity contribution is 5.81. The van der Waals surface area contributed by atoms with Crippen LogP contribution in [0, 0.1) is 19.3 Å². The van der Waals surface area contributed by atoms with E-state index in [-0.39, 0.29) is 18.9 Å². The standard InChI is InChI=1S/C18H27N3O3/c1-12(2)6-8-18(17(23)24)7-5-9-21(11-18)16(22)10-15-13(3)19-20-14(15)4/h6H,5,7-11H2,1-4H3,(H,19,20)(H,23,24)/t18-/m1/s1. The van der Waals surface area contributed by atoms with Gasteiger partial charge in [-0.15, -0.1) is 0 Å². The number of aromatic nitrogens is 2. The second-order valence-electron chi connectivity index (χ2n) is 7.08. The Morgan fingerprint density at radius 2 is 2.08 bits per heavy atom. The first-order chi connectivity index (χ1) is 11.2. The highest BCUT2D eigenvalue weighted by Crippen LogP contribution is 2.35. The fourth-order valence-electron chi connectivity index (χ4n) is 3.27. The van der Waals surface area contributed by atoms with Crippen LogP contribution < -0.4 is 0 Å². The van der Waals surface area contributed by atoms with Crippen molar-refractivity contribution in [3.8, 4) is 0 Å². The monoisotopic (exact) mass is 333 g/mol. The number of nitrogens with zero attached hydrogens (tertiary/aromatic N) is 2. The zero-order valence-corrected chi connectivity index (χ0v) is 15.0. The van der Waals surface area contributed by atoms with E-state index in [4.69, 9.17) is 0 Å². The van der Waals surface area contributed by atoms with E-state index in [1.54, 1.807) is 4.90 Å². The number of carbonyl (C=O) groups is 2. The SMILES string of the molecule is CC(C)=CC[C@]1(C(=O)O)CCCN(C(=O)Cc2c(C)n[nH]c2C)C1. The quantitative estimate of drug-likeness (QED) is 0.811. The number of carbonyl (C=O) groups excluding carboxylic acids is 1. The second-order valence-corrected chi connectivity index (χ2v) is 7.08. The van der Waals surface area contributed by atoms with E-state index in [1.165, 1.54) is 0 Å². The van der Waals surface area contributed by atoms with Gasteiger partial charge in [-0.05, 0) is 47.0 Å². The number of hydrogen-bond donors (Lipinski definition) is 2. The van der Waals surface area contributed by atoms with E-state index >= 15 is 0 Å². The number of rotatable bonds is 5. The van der Waals surface area contributed by atoms with Crippen molar-refractivity contribution in [1.29, 1.82) is 0 Å². The molecule has 1 fully saturated rings. The van der Waals surface area contributed by atoms with Crippen LogP contribution in [-0.4, -0.2) is 45.2 Å². The Kier molecular flexibility index (Phi) is 5.47. The molecule has 2 N–H and O–H groups in total. The summed E-state index contributed by atoms with van der Waals surface area (Å²) in [6, 6.07) is 0. The summed E-state index contributed by atoms with van der Waals surface area (Å²) in [5, 5.41) is 16.8. The Balaban J connectivity index is 2.14. The molecule has 0 spiro atoms. The lowest BCUT2D eigenvalue weighted by atomic mass is 9.76. The molecule has 132 valence electrons. The number of likely N-dealkylation sites (tertiary alicyclic amines) is 1. The molecule has 1 saturated heterocycles. The molecule has 0 radical (unpaired) electrons. The molecule has 0 bridgehead atoms. The number of carboxylic acid groups (broad SMARTS) is 1. The Hall–Kier alpha value is -2.11. The molecule has 0 unspecified atom stereocenters. The first-order valence-electron chi connectivity index (χ1n) is 8.40. The lowest BCUT2D eigenvalue weighted by molar-refractivity contribution is -0.154. The van der Waals surface area contributed by atoms with E-state index < -0.39 is 11.4 Å². The van der Waals surface area contributed by atoms with E-state index in [9.17, 15) is 14.7 Å². The van der Waals surface area contributed by atoms with Crippen molar-refractivity contribution in [2.45, 2.75) is 53.4 Å². The predicted octanol–water partition coefficient (Wildman–Crippen LogP) is 2.62. The van der Waals surface area contributed by atoms with Gasteiger partial charge in [-0.3, -0.25) is 14.7 Å². The van der Waals surface area contributed by atoms with Crippen molar-refractivity contribution in [2.75, 3.05) is 13.1 Å². The molecule has 1 amide bonds. The van der Waals surface area contributed by atoms with E-state index in [0.29, 0.717) is 19.4 Å². The van der Waals surface area contributed by atoms with Gasteiger partial charge in [0, 0.05) is 24.3 Å². The summed E-state index contributed by atoms with van der Waals surface area (Å²) in [4.78, 5) is 26.3. The summed E-state index contributed by atoms with van der Waals surface area (Å²) in [6.45, 7) is 8.60. The van der Waals surface area contributed by atoms with E-state index in [1.807, 2.05) is 33.8 Å². The van der Waals surface area contributed by atoms with Crippen LogP contribution in [0.4, 0.5) is 0 Å². The largest absolute Gasteiger partial charge is 0.481 e. The number of H-pyrrole nitrogens is 1. The van der Waals surface area contributed by atoms with Crippen LogP contribution in [0.5, 0.6) is 0 Å². The second kappa shape index (κ2) is 7.20. The molecule has 24 heavy (non-hydrogen) atoms. The van der Waals surface area contributed by atoms with Crippen molar-refractivity contribution < 1.29 is 14.7 Å². The summed E-state index contributed by atoms with van der Waals surface area (Å²) < 4.78 is 0. The average Bonchev–Trinajstić information content (AvgIpc) is 2.85. The van der Waals surface area contributed by atoms with Gasteiger partial charge in [0.2, 0.25) is 5.91 Å². The van der Waals surface area contributed by atoms with Crippen LogP contribution in [0.25, 0.3) is 0 Å². The lowest BCUT2D eigenvalue weighted by Gasteiger charge is -2.39. The van der Waals surface area contributed by atoms with Crippen molar-refractivity contribution >= 4 is 11.9 Å². The fraction of sp³-hybridized carbons (Fsp3) is 0.611.